The summed E-state index contributed by atoms with van der Waals surface area (Å²) < 4.78 is 11.1. The Morgan fingerprint density at radius 2 is 0.899 bits per heavy atom. The van der Waals surface area contributed by atoms with Crippen LogP contribution in [0, 0.1) is 20.8 Å². The summed E-state index contributed by atoms with van der Waals surface area (Å²) in [7, 11) is 1.98. The minimum absolute atomic E-state index is 0. The molecule has 0 aliphatic carbocycles. The highest BCUT2D eigenvalue weighted by molar-refractivity contribution is 5.95. The fourth-order valence-electron chi connectivity index (χ4n) is 10.9. The molecule has 12 heterocycles. The van der Waals surface area contributed by atoms with Gasteiger partial charge in [-0.2, -0.15) is 15.3 Å². The first-order valence-electron chi connectivity index (χ1n) is 31.2. The number of fused-ring (bicyclic) bond motifs is 3. The van der Waals surface area contributed by atoms with Gasteiger partial charge < -0.3 is 35.2 Å². The number of ketones is 2. The van der Waals surface area contributed by atoms with Crippen LogP contribution in [0.25, 0.3) is 84.9 Å². The number of aryl methyl sites for hydroxylation is 3. The lowest BCUT2D eigenvalue weighted by Crippen LogP contribution is -2.17. The van der Waals surface area contributed by atoms with Crippen molar-refractivity contribution in [2.24, 2.45) is 0 Å². The molecule has 25 nitrogen and oxygen atoms in total. The van der Waals surface area contributed by atoms with Crippen LogP contribution in [0.4, 0.5) is 17.1 Å². The predicted octanol–water partition coefficient (Wildman–Crippen LogP) is 13.3. The molecular weight excluding hydrogens is 1250 g/mol. The highest BCUT2D eigenvalue weighted by Gasteiger charge is 2.21. The third-order valence-electron chi connectivity index (χ3n) is 15.7. The molecule has 0 saturated heterocycles. The molecule has 0 radical (unpaired) electrons. The summed E-state index contributed by atoms with van der Waals surface area (Å²) in [6, 6.07) is 51.6. The van der Waals surface area contributed by atoms with Crippen LogP contribution in [0.2, 0.25) is 0 Å². The number of rotatable bonds is 18. The van der Waals surface area contributed by atoms with E-state index in [9.17, 15) is 14.4 Å². The van der Waals surface area contributed by atoms with E-state index in [1.807, 2.05) is 192 Å². The van der Waals surface area contributed by atoms with Gasteiger partial charge in [-0.1, -0.05) is 49.9 Å². The molecule has 15 rings (SSSR count). The Morgan fingerprint density at radius 3 is 1.37 bits per heavy atom. The van der Waals surface area contributed by atoms with E-state index >= 15 is 0 Å². The van der Waals surface area contributed by atoms with E-state index in [1.54, 1.807) is 38.7 Å². The van der Waals surface area contributed by atoms with Crippen molar-refractivity contribution >= 4 is 51.5 Å². The number of aromatic amines is 3. The minimum Gasteiger partial charge on any atom is -0.486 e. The zero-order valence-electron chi connectivity index (χ0n) is 54.5. The van der Waals surface area contributed by atoms with Crippen molar-refractivity contribution in [2.75, 3.05) is 22.6 Å². The van der Waals surface area contributed by atoms with Crippen LogP contribution >= 0.6 is 0 Å². The summed E-state index contributed by atoms with van der Waals surface area (Å²) in [5.41, 5.74) is 18.9. The summed E-state index contributed by atoms with van der Waals surface area (Å²) in [5.74, 6) is 2.75. The second-order valence-electron chi connectivity index (χ2n) is 23.1. The predicted molar refractivity (Wildman–Crippen MR) is 380 cm³/mol. The zero-order chi connectivity index (χ0) is 67.8. The van der Waals surface area contributed by atoms with Gasteiger partial charge in [-0.05, 0) is 156 Å². The first kappa shape index (κ1) is 65.9. The smallest absolute Gasteiger partial charge is 0.221 e. The molecule has 1 amide bonds. The number of amides is 1. The van der Waals surface area contributed by atoms with Crippen molar-refractivity contribution in [3.63, 3.8) is 0 Å². The van der Waals surface area contributed by atoms with Crippen molar-refractivity contribution in [1.82, 2.24) is 88.6 Å². The Bertz CT molecular complexity index is 5390. The molecule has 12 aromatic heterocycles. The largest absolute Gasteiger partial charge is 0.486 e. The van der Waals surface area contributed by atoms with E-state index in [0.29, 0.717) is 35.8 Å². The second kappa shape index (κ2) is 29.2. The molecule has 25 heteroatoms. The summed E-state index contributed by atoms with van der Waals surface area (Å²) >= 11 is 0. The number of hydrogen-bond acceptors (Lipinski definition) is 18. The fourth-order valence-corrected chi connectivity index (χ4v) is 10.9. The summed E-state index contributed by atoms with van der Waals surface area (Å²) in [4.78, 5) is 88.3. The molecule has 0 atom stereocenters. The van der Waals surface area contributed by atoms with Gasteiger partial charge in [-0.15, -0.1) is 0 Å². The Balaban J connectivity index is 0.000000140. The molecule has 0 unspecified atom stereocenters. The highest BCUT2D eigenvalue weighted by atomic mass is 16.5. The molecule has 494 valence electrons. The number of H-pyrrole nitrogens is 3. The van der Waals surface area contributed by atoms with E-state index in [1.165, 1.54) is 32.8 Å². The lowest BCUT2D eigenvalue weighted by atomic mass is 10.1. The van der Waals surface area contributed by atoms with E-state index in [4.69, 9.17) is 24.7 Å². The Labute approximate surface area is 568 Å². The lowest BCUT2D eigenvalue weighted by Gasteiger charge is -2.18. The van der Waals surface area contributed by atoms with Crippen LogP contribution in [-0.4, -0.2) is 113 Å². The normalized spacial score (nSPS) is 10.9. The number of pyridine rings is 6. The van der Waals surface area contributed by atoms with Crippen molar-refractivity contribution in [3.8, 4) is 73.7 Å². The number of nitrogens with zero attached hydrogens (tertiary/aromatic N) is 16. The second-order valence-corrected chi connectivity index (χ2v) is 23.1. The van der Waals surface area contributed by atoms with E-state index in [-0.39, 0.29) is 31.5 Å². The number of ether oxygens (including phenoxy) is 1. The Kier molecular flexibility index (Phi) is 19.4. The number of nitrogens with one attached hydrogen (secondary N) is 5. The summed E-state index contributed by atoms with van der Waals surface area (Å²) in [5, 5.41) is 18.9. The van der Waals surface area contributed by atoms with Gasteiger partial charge in [0, 0.05) is 94.5 Å². The van der Waals surface area contributed by atoms with Crippen LogP contribution in [0.3, 0.4) is 0 Å². The van der Waals surface area contributed by atoms with Gasteiger partial charge in [0.25, 0.3) is 0 Å². The number of Topliss-reactive ketones (excluding diaryl/α,β-unsaturated/α-hetero) is 2. The molecule has 15 aromatic rings. The van der Waals surface area contributed by atoms with E-state index < -0.39 is 0 Å². The average Bonchev–Trinajstić information content (AvgIpc) is 1.67. The number of carbonyl (C=O) groups is 3. The number of anilines is 3. The van der Waals surface area contributed by atoms with Gasteiger partial charge in [-0.3, -0.25) is 29.3 Å². The van der Waals surface area contributed by atoms with Gasteiger partial charge in [0.15, 0.2) is 28.5 Å². The van der Waals surface area contributed by atoms with Gasteiger partial charge in [0.05, 0.1) is 64.3 Å². The van der Waals surface area contributed by atoms with Crippen LogP contribution in [-0.2, 0) is 24.5 Å². The third kappa shape index (κ3) is 15.5. The maximum absolute atomic E-state index is 11.8. The molecule has 0 saturated carbocycles. The zero-order valence-corrected chi connectivity index (χ0v) is 54.5. The van der Waals surface area contributed by atoms with Gasteiger partial charge in [-0.25, -0.2) is 43.5 Å². The maximum Gasteiger partial charge on any atom is 0.221 e. The average molecular weight is 1320 g/mol. The fraction of sp³-hybridized carbons (Fsp3) is 0.149. The third-order valence-corrected chi connectivity index (χ3v) is 15.7. The Hall–Kier alpha value is -13.2. The molecule has 0 bridgehead atoms. The van der Waals surface area contributed by atoms with Crippen molar-refractivity contribution in [2.45, 2.75) is 68.7 Å². The molecule has 0 fully saturated rings. The SMILES string of the molecule is C.CC(=O)Nc1ccc(NCc2nc(-c3ccc4ncnn4c3)c(-c3cccc(C)n3)[nH]2)cc1.CC(=O)c1cccc(N(C)Cc2nc(-c3ccc4ncnn4c3)c(-c3cccc(C)n3)[nH]2)c1.CC(=O)c1cccc(OCc2nc(-c3ccc4ncnn4c3)c(-c3cccc(C)n3)[nH]2)c1. The van der Waals surface area contributed by atoms with Crippen LogP contribution < -0.4 is 20.3 Å². The molecule has 0 aliphatic heterocycles. The van der Waals surface area contributed by atoms with E-state index in [0.717, 1.165) is 131 Å². The van der Waals surface area contributed by atoms with Crippen molar-refractivity contribution in [3.05, 3.63) is 247 Å². The van der Waals surface area contributed by atoms with Gasteiger partial charge in [0.2, 0.25) is 5.91 Å². The van der Waals surface area contributed by atoms with Crippen molar-refractivity contribution < 1.29 is 19.1 Å². The molecule has 5 N–H and O–H groups in total. The number of aromatic nitrogens is 18. The number of carbonyl (C=O) groups excluding carboxylic acids is 3. The minimum atomic E-state index is -0.0970. The first-order chi connectivity index (χ1) is 47.6. The molecule has 0 spiro atoms. The Morgan fingerprint density at radius 1 is 0.475 bits per heavy atom. The standard InChI is InChI=1S/C25H23N7O.C24H22N8O.C24H20N6O2.CH4/c1-16-6-4-9-21(28-16)25-24(19-10-11-23-26-15-27-32(23)13-19)29-22(30-25)14-31(3)20-8-5-7-18(12-20)17(2)33;1-15-4-3-5-20(28-15)24-23(17-6-11-22-26-14-27-32(22)13-17)30-21(31-24)12-25-18-7-9-19(10-8-18)29-16(2)33;1-15-5-3-8-20(27-15)24-23(18-9-10-22-25-14-26-30(22)12-18)28-21(29-24)13-32-19-7-4-6-17(11-19)16(2)31;/h4-13,15H,14H2,1-3H3,(H,29,30);3-11,13-14,25H,12H2,1-2H3,(H,29,33)(H,30,31);3-12,14H,13H2,1-2H3,(H,28,29);1H4. The molecule has 0 aliphatic rings. The topological polar surface area (TPSA) is 303 Å². The first-order valence-corrected chi connectivity index (χ1v) is 31.2. The van der Waals surface area contributed by atoms with Crippen molar-refractivity contribution in [1.29, 1.82) is 0 Å². The highest BCUT2D eigenvalue weighted by Crippen LogP contribution is 2.34. The number of hydrogen-bond donors (Lipinski definition) is 5. The van der Waals surface area contributed by atoms with Crippen LogP contribution in [0.15, 0.2) is 201 Å². The molecule has 3 aromatic carbocycles. The molecule has 99 heavy (non-hydrogen) atoms. The summed E-state index contributed by atoms with van der Waals surface area (Å²) in [6.07, 6.45) is 10.3. The lowest BCUT2D eigenvalue weighted by molar-refractivity contribution is -0.114. The quantitative estimate of drug-likeness (QED) is 0.0499. The maximum atomic E-state index is 11.8. The summed E-state index contributed by atoms with van der Waals surface area (Å²) in [6.45, 7) is 11.7. The molecular formula is C74H69N21O4. The van der Waals surface area contributed by atoms with E-state index in [2.05, 4.69) is 70.7 Å². The number of benzene rings is 3. The van der Waals surface area contributed by atoms with Crippen LogP contribution in [0.1, 0.15) is 83.5 Å². The van der Waals surface area contributed by atoms with Crippen LogP contribution in [0.5, 0.6) is 5.75 Å². The van der Waals surface area contributed by atoms with Gasteiger partial charge >= 0.3 is 0 Å². The number of imidazole rings is 3. The monoisotopic (exact) mass is 1320 g/mol. The van der Waals surface area contributed by atoms with Gasteiger partial charge in [0.1, 0.15) is 48.8 Å².